The molecule has 7 nitrogen and oxygen atoms in total. The van der Waals surface area contributed by atoms with E-state index in [0.717, 1.165) is 11.0 Å². The quantitative estimate of drug-likeness (QED) is 0.453. The van der Waals surface area contributed by atoms with Crippen LogP contribution >= 0.6 is 11.8 Å². The van der Waals surface area contributed by atoms with Crippen molar-refractivity contribution in [3.63, 3.8) is 0 Å². The van der Waals surface area contributed by atoms with Crippen LogP contribution in [0.3, 0.4) is 0 Å². The smallest absolute Gasteiger partial charge is 0.332 e. The molecule has 0 aliphatic rings. The molecule has 0 aliphatic carbocycles. The Morgan fingerprint density at radius 3 is 2.52 bits per heavy atom. The van der Waals surface area contributed by atoms with Gasteiger partial charge in [-0.1, -0.05) is 32.5 Å². The van der Waals surface area contributed by atoms with Gasteiger partial charge in [0.25, 0.3) is 5.56 Å². The van der Waals surface area contributed by atoms with Crippen molar-refractivity contribution in [3.8, 4) is 0 Å². The van der Waals surface area contributed by atoms with Crippen LogP contribution < -0.4 is 11.2 Å². The van der Waals surface area contributed by atoms with Crippen LogP contribution in [0.5, 0.6) is 0 Å². The average Bonchev–Trinajstić information content (AvgIpc) is 2.53. The molecule has 0 fully saturated rings. The predicted molar refractivity (Wildman–Crippen MR) is 91.2 cm³/mol. The van der Waals surface area contributed by atoms with E-state index in [-0.39, 0.29) is 17.2 Å². The first-order valence-corrected chi connectivity index (χ1v) is 8.54. The van der Waals surface area contributed by atoms with E-state index >= 15 is 0 Å². The van der Waals surface area contributed by atoms with E-state index in [9.17, 15) is 9.59 Å². The van der Waals surface area contributed by atoms with Crippen LogP contribution in [0.4, 0.5) is 0 Å². The van der Waals surface area contributed by atoms with Gasteiger partial charge in [-0.05, 0) is 6.42 Å². The van der Waals surface area contributed by atoms with Crippen molar-refractivity contribution < 1.29 is 4.74 Å². The first-order valence-electron chi connectivity index (χ1n) is 7.55. The third-order valence-corrected chi connectivity index (χ3v) is 4.37. The van der Waals surface area contributed by atoms with Gasteiger partial charge in [-0.3, -0.25) is 13.9 Å². The Labute approximate surface area is 138 Å². The molecular weight excluding hydrogens is 316 g/mol. The molecule has 2 rings (SSSR count). The lowest BCUT2D eigenvalue weighted by atomic mass is 10.2. The lowest BCUT2D eigenvalue weighted by molar-refractivity contribution is 0.258. The van der Waals surface area contributed by atoms with Gasteiger partial charge in [-0.15, -0.1) is 0 Å². The summed E-state index contributed by atoms with van der Waals surface area (Å²) in [5.74, 6) is 1.09. The number of ether oxygens (including phenoxy) is 1. The maximum Gasteiger partial charge on any atom is 0.332 e. The summed E-state index contributed by atoms with van der Waals surface area (Å²) in [7, 11) is 3.07. The molecule has 0 radical (unpaired) electrons. The number of fused-ring (bicyclic) bond motifs is 1. The van der Waals surface area contributed by atoms with E-state index in [0.29, 0.717) is 34.4 Å². The zero-order chi connectivity index (χ0) is 17.1. The summed E-state index contributed by atoms with van der Waals surface area (Å²) in [5, 5.41) is 0.943. The fourth-order valence-corrected chi connectivity index (χ4v) is 2.97. The van der Waals surface area contributed by atoms with Crippen molar-refractivity contribution in [3.05, 3.63) is 26.7 Å². The Bertz CT molecular complexity index is 826. The summed E-state index contributed by atoms with van der Waals surface area (Å²) >= 11 is 1.33. The lowest BCUT2D eigenvalue weighted by Crippen LogP contribution is -2.39. The normalized spacial score (nSPS) is 11.6. The largest absolute Gasteiger partial charge is 0.374 e. The SMILES string of the molecule is CCCn1c(=O)n(C)c(=O)c2c(SCOC)nc(C(C)C)nc21. The second-order valence-corrected chi connectivity index (χ2v) is 6.50. The Hall–Kier alpha value is -1.67. The van der Waals surface area contributed by atoms with Crippen molar-refractivity contribution in [1.29, 1.82) is 0 Å². The maximum absolute atomic E-state index is 12.6. The molecule has 0 aromatic carbocycles. The second-order valence-electron chi connectivity index (χ2n) is 5.59. The zero-order valence-corrected chi connectivity index (χ0v) is 14.9. The van der Waals surface area contributed by atoms with Crippen molar-refractivity contribution in [2.75, 3.05) is 13.0 Å². The van der Waals surface area contributed by atoms with Gasteiger partial charge in [0.15, 0.2) is 5.65 Å². The first-order chi connectivity index (χ1) is 10.9. The second kappa shape index (κ2) is 7.27. The van der Waals surface area contributed by atoms with E-state index in [1.54, 1.807) is 11.7 Å². The predicted octanol–water partition coefficient (Wildman–Crippen LogP) is 1.72. The fourth-order valence-electron chi connectivity index (χ4n) is 2.26. The number of aromatic nitrogens is 4. The van der Waals surface area contributed by atoms with Gasteiger partial charge in [0.2, 0.25) is 0 Å². The highest BCUT2D eigenvalue weighted by Gasteiger charge is 2.19. The van der Waals surface area contributed by atoms with E-state index in [2.05, 4.69) is 9.97 Å². The van der Waals surface area contributed by atoms with Gasteiger partial charge in [0, 0.05) is 26.6 Å². The minimum absolute atomic E-state index is 0.0931. The summed E-state index contributed by atoms with van der Waals surface area (Å²) in [5.41, 5.74) is -0.302. The van der Waals surface area contributed by atoms with Crippen molar-refractivity contribution in [2.24, 2.45) is 7.05 Å². The van der Waals surface area contributed by atoms with Crippen LogP contribution in [-0.2, 0) is 18.3 Å². The zero-order valence-electron chi connectivity index (χ0n) is 14.1. The van der Waals surface area contributed by atoms with Gasteiger partial charge >= 0.3 is 5.69 Å². The number of aryl methyl sites for hydroxylation is 1. The number of methoxy groups -OCH3 is 1. The number of rotatable bonds is 6. The molecule has 0 saturated heterocycles. The number of hydrogen-bond acceptors (Lipinski definition) is 6. The van der Waals surface area contributed by atoms with Gasteiger partial charge in [-0.2, -0.15) is 0 Å². The topological polar surface area (TPSA) is 79.0 Å². The summed E-state index contributed by atoms with van der Waals surface area (Å²) in [6.07, 6.45) is 0.773. The standard InChI is InChI=1S/C15H22N4O3S/c1-6-7-19-12-10(14(20)18(4)15(19)21)13(23-8-22-5)17-11(16-12)9(2)3/h9H,6-8H2,1-5H3. The van der Waals surface area contributed by atoms with Crippen molar-refractivity contribution in [2.45, 2.75) is 44.7 Å². The molecule has 0 saturated carbocycles. The molecule has 0 spiro atoms. The number of hydrogen-bond donors (Lipinski definition) is 0. The molecule has 23 heavy (non-hydrogen) atoms. The molecule has 0 aliphatic heterocycles. The molecule has 0 N–H and O–H groups in total. The van der Waals surface area contributed by atoms with Crippen LogP contribution in [0.25, 0.3) is 11.0 Å². The van der Waals surface area contributed by atoms with Crippen LogP contribution in [-0.4, -0.2) is 32.2 Å². The maximum atomic E-state index is 12.6. The van der Waals surface area contributed by atoms with Crippen LogP contribution in [0, 0.1) is 0 Å². The summed E-state index contributed by atoms with van der Waals surface area (Å²) < 4.78 is 7.77. The Morgan fingerprint density at radius 1 is 1.26 bits per heavy atom. The monoisotopic (exact) mass is 338 g/mol. The molecular formula is C15H22N4O3S. The van der Waals surface area contributed by atoms with E-state index in [1.807, 2.05) is 20.8 Å². The van der Waals surface area contributed by atoms with Gasteiger partial charge < -0.3 is 4.74 Å². The average molecular weight is 338 g/mol. The lowest BCUT2D eigenvalue weighted by Gasteiger charge is -2.14. The Kier molecular flexibility index (Phi) is 5.59. The van der Waals surface area contributed by atoms with Gasteiger partial charge in [0.1, 0.15) is 16.2 Å². The molecule has 0 unspecified atom stereocenters. The highest BCUT2D eigenvalue weighted by atomic mass is 32.2. The Morgan fingerprint density at radius 2 is 1.96 bits per heavy atom. The molecule has 126 valence electrons. The van der Waals surface area contributed by atoms with E-state index < -0.39 is 0 Å². The molecule has 8 heteroatoms. The van der Waals surface area contributed by atoms with E-state index in [4.69, 9.17) is 4.74 Å². The molecule has 2 aromatic heterocycles. The minimum Gasteiger partial charge on any atom is -0.374 e. The molecule has 0 bridgehead atoms. The van der Waals surface area contributed by atoms with E-state index in [1.165, 1.54) is 18.8 Å². The fraction of sp³-hybridized carbons (Fsp3) is 0.600. The van der Waals surface area contributed by atoms with Crippen molar-refractivity contribution in [1.82, 2.24) is 19.1 Å². The molecule has 2 heterocycles. The molecule has 2 aromatic rings. The minimum atomic E-state index is -0.369. The van der Waals surface area contributed by atoms with Gasteiger partial charge in [0.05, 0.1) is 5.94 Å². The molecule has 0 atom stereocenters. The summed E-state index contributed by atoms with van der Waals surface area (Å²) in [4.78, 5) is 34.0. The van der Waals surface area contributed by atoms with Crippen LogP contribution in [0.1, 0.15) is 38.9 Å². The van der Waals surface area contributed by atoms with Crippen LogP contribution in [0.15, 0.2) is 14.6 Å². The highest BCUT2D eigenvalue weighted by molar-refractivity contribution is 7.99. The first kappa shape index (κ1) is 17.7. The van der Waals surface area contributed by atoms with Crippen molar-refractivity contribution >= 4 is 22.8 Å². The number of nitrogens with zero attached hydrogens (tertiary/aromatic N) is 4. The third kappa shape index (κ3) is 3.32. The van der Waals surface area contributed by atoms with Crippen LogP contribution in [0.2, 0.25) is 0 Å². The Balaban J connectivity index is 2.92. The summed E-state index contributed by atoms with van der Waals surface area (Å²) in [6.45, 7) is 6.45. The number of thioether (sulfide) groups is 1. The summed E-state index contributed by atoms with van der Waals surface area (Å²) in [6, 6.07) is 0. The molecule has 0 amide bonds. The highest BCUT2D eigenvalue weighted by Crippen LogP contribution is 2.24. The van der Waals surface area contributed by atoms with Gasteiger partial charge in [-0.25, -0.2) is 14.8 Å². The third-order valence-electron chi connectivity index (χ3n) is 3.44.